The fraction of sp³-hybridized carbons (Fsp3) is 0.267. The largest absolute Gasteiger partial charge is 0.486 e. The highest BCUT2D eigenvalue weighted by atomic mass is 79.9. The molecule has 0 atom stereocenters. The summed E-state index contributed by atoms with van der Waals surface area (Å²) in [4.78, 5) is 12.0. The molecular weight excluding hydrogens is 440 g/mol. The lowest BCUT2D eigenvalue weighted by molar-refractivity contribution is -0.113. The summed E-state index contributed by atoms with van der Waals surface area (Å²) in [6, 6.07) is 7.56. The van der Waals surface area contributed by atoms with Crippen molar-refractivity contribution in [2.24, 2.45) is 7.05 Å². The van der Waals surface area contributed by atoms with Gasteiger partial charge in [0.2, 0.25) is 11.0 Å². The van der Waals surface area contributed by atoms with Crippen LogP contribution < -0.4 is 10.1 Å². The third kappa shape index (κ3) is 5.02. The standard InChI is InChI=1S/C15H15BrN6O2S2/c1-9-18-20-14(26-9)17-13(23)8-25-15-21-19-12(22(15)2)7-24-11-5-3-10(16)4-6-11/h3-6H,7-8H2,1-2H3,(H,17,20,23). The summed E-state index contributed by atoms with van der Waals surface area (Å²) < 4.78 is 8.50. The number of aromatic nitrogens is 5. The molecule has 0 fully saturated rings. The van der Waals surface area contributed by atoms with E-state index in [2.05, 4.69) is 41.6 Å². The van der Waals surface area contributed by atoms with Gasteiger partial charge in [-0.1, -0.05) is 39.0 Å². The monoisotopic (exact) mass is 454 g/mol. The van der Waals surface area contributed by atoms with Gasteiger partial charge in [0.25, 0.3) is 0 Å². The summed E-state index contributed by atoms with van der Waals surface area (Å²) in [5, 5.41) is 20.6. The van der Waals surface area contributed by atoms with Crippen LogP contribution in [0.5, 0.6) is 5.75 Å². The van der Waals surface area contributed by atoms with Crippen molar-refractivity contribution in [2.75, 3.05) is 11.1 Å². The Hall–Kier alpha value is -1.98. The predicted molar refractivity (Wildman–Crippen MR) is 103 cm³/mol. The minimum absolute atomic E-state index is 0.165. The van der Waals surface area contributed by atoms with Gasteiger partial charge in [-0.3, -0.25) is 10.1 Å². The van der Waals surface area contributed by atoms with Gasteiger partial charge in [-0.2, -0.15) is 0 Å². The highest BCUT2D eigenvalue weighted by Gasteiger charge is 2.13. The first-order chi connectivity index (χ1) is 12.5. The molecule has 0 aliphatic rings. The van der Waals surface area contributed by atoms with Crippen molar-refractivity contribution in [1.82, 2.24) is 25.0 Å². The molecule has 1 N–H and O–H groups in total. The van der Waals surface area contributed by atoms with Gasteiger partial charge in [-0.15, -0.1) is 20.4 Å². The van der Waals surface area contributed by atoms with Gasteiger partial charge in [-0.05, 0) is 31.2 Å². The van der Waals surface area contributed by atoms with E-state index in [1.165, 1.54) is 23.1 Å². The number of carbonyl (C=O) groups is 1. The molecule has 0 saturated heterocycles. The van der Waals surface area contributed by atoms with Gasteiger partial charge in [0.15, 0.2) is 11.0 Å². The average Bonchev–Trinajstić information content (AvgIpc) is 3.18. The predicted octanol–water partition coefficient (Wildman–Crippen LogP) is 3.05. The van der Waals surface area contributed by atoms with Crippen molar-refractivity contribution in [3.05, 3.63) is 39.6 Å². The van der Waals surface area contributed by atoms with E-state index in [0.29, 0.717) is 22.7 Å². The molecule has 26 heavy (non-hydrogen) atoms. The second-order valence-electron chi connectivity index (χ2n) is 5.16. The summed E-state index contributed by atoms with van der Waals surface area (Å²) in [5.41, 5.74) is 0. The zero-order valence-corrected chi connectivity index (χ0v) is 17.2. The van der Waals surface area contributed by atoms with Crippen molar-refractivity contribution < 1.29 is 9.53 Å². The maximum absolute atomic E-state index is 12.0. The molecule has 0 saturated carbocycles. The topological polar surface area (TPSA) is 94.8 Å². The first-order valence-electron chi connectivity index (χ1n) is 7.50. The van der Waals surface area contributed by atoms with Crippen LogP contribution in [0.3, 0.4) is 0 Å². The van der Waals surface area contributed by atoms with Gasteiger partial charge < -0.3 is 9.30 Å². The Bertz CT molecular complexity index is 896. The zero-order chi connectivity index (χ0) is 18.5. The number of aryl methyl sites for hydroxylation is 1. The summed E-state index contributed by atoms with van der Waals surface area (Å²) in [5.74, 6) is 1.47. The smallest absolute Gasteiger partial charge is 0.236 e. The molecule has 1 aromatic carbocycles. The van der Waals surface area contributed by atoms with E-state index in [4.69, 9.17) is 4.74 Å². The number of carbonyl (C=O) groups excluding carboxylic acids is 1. The number of hydrogen-bond donors (Lipinski definition) is 1. The summed E-state index contributed by atoms with van der Waals surface area (Å²) in [7, 11) is 1.84. The lowest BCUT2D eigenvalue weighted by atomic mass is 10.3. The van der Waals surface area contributed by atoms with Gasteiger partial charge in [0.1, 0.15) is 17.4 Å². The average molecular weight is 455 g/mol. The van der Waals surface area contributed by atoms with E-state index in [9.17, 15) is 4.79 Å². The first-order valence-corrected chi connectivity index (χ1v) is 10.1. The Morgan fingerprint density at radius 2 is 2.04 bits per heavy atom. The molecule has 3 rings (SSSR count). The van der Waals surface area contributed by atoms with Crippen molar-refractivity contribution >= 4 is 50.1 Å². The molecule has 1 amide bonds. The van der Waals surface area contributed by atoms with E-state index in [0.717, 1.165) is 15.2 Å². The van der Waals surface area contributed by atoms with E-state index >= 15 is 0 Å². The minimum Gasteiger partial charge on any atom is -0.486 e. The Kier molecular flexibility index (Phi) is 6.22. The maximum Gasteiger partial charge on any atom is 0.236 e. The number of thioether (sulfide) groups is 1. The van der Waals surface area contributed by atoms with Crippen LogP contribution >= 0.6 is 39.0 Å². The van der Waals surface area contributed by atoms with E-state index in [1.54, 1.807) is 0 Å². The SMILES string of the molecule is Cc1nnc(NC(=O)CSc2nnc(COc3ccc(Br)cc3)n2C)s1. The number of ether oxygens (including phenoxy) is 1. The van der Waals surface area contributed by atoms with Crippen molar-refractivity contribution in [3.8, 4) is 5.75 Å². The van der Waals surface area contributed by atoms with Crippen LogP contribution in [0.4, 0.5) is 5.13 Å². The number of halogens is 1. The number of anilines is 1. The molecule has 8 nitrogen and oxygen atoms in total. The maximum atomic E-state index is 12.0. The van der Waals surface area contributed by atoms with Gasteiger partial charge >= 0.3 is 0 Å². The lowest BCUT2D eigenvalue weighted by Gasteiger charge is -2.06. The second kappa shape index (κ2) is 8.60. The highest BCUT2D eigenvalue weighted by molar-refractivity contribution is 9.10. The van der Waals surface area contributed by atoms with Crippen LogP contribution in [0.1, 0.15) is 10.8 Å². The van der Waals surface area contributed by atoms with E-state index in [-0.39, 0.29) is 11.7 Å². The van der Waals surface area contributed by atoms with Crippen molar-refractivity contribution in [3.63, 3.8) is 0 Å². The number of amides is 1. The molecular formula is C15H15BrN6O2S2. The number of benzene rings is 1. The van der Waals surface area contributed by atoms with Crippen LogP contribution in [-0.4, -0.2) is 36.6 Å². The third-order valence-corrected chi connectivity index (χ3v) is 5.51. The van der Waals surface area contributed by atoms with E-state index in [1.807, 2.05) is 42.8 Å². The molecule has 0 unspecified atom stereocenters. The molecule has 0 bridgehead atoms. The molecule has 0 spiro atoms. The summed E-state index contributed by atoms with van der Waals surface area (Å²) in [6.07, 6.45) is 0. The molecule has 11 heteroatoms. The highest BCUT2D eigenvalue weighted by Crippen LogP contribution is 2.20. The second-order valence-corrected chi connectivity index (χ2v) is 8.20. The van der Waals surface area contributed by atoms with Gasteiger partial charge in [-0.25, -0.2) is 0 Å². The third-order valence-electron chi connectivity index (χ3n) is 3.21. The summed E-state index contributed by atoms with van der Waals surface area (Å²) >= 11 is 6.01. The molecule has 0 aliphatic heterocycles. The molecule has 2 aromatic heterocycles. The Balaban J connectivity index is 1.51. The quantitative estimate of drug-likeness (QED) is 0.548. The Morgan fingerprint density at radius 1 is 1.27 bits per heavy atom. The fourth-order valence-corrected chi connectivity index (χ4v) is 3.51. The van der Waals surface area contributed by atoms with Gasteiger partial charge in [0.05, 0.1) is 5.75 Å². The number of nitrogens with zero attached hydrogens (tertiary/aromatic N) is 5. The van der Waals surface area contributed by atoms with Gasteiger partial charge in [0, 0.05) is 11.5 Å². The molecule has 0 radical (unpaired) electrons. The number of nitrogens with one attached hydrogen (secondary N) is 1. The Morgan fingerprint density at radius 3 is 2.73 bits per heavy atom. The zero-order valence-electron chi connectivity index (χ0n) is 14.0. The van der Waals surface area contributed by atoms with Crippen molar-refractivity contribution in [2.45, 2.75) is 18.7 Å². The normalized spacial score (nSPS) is 10.7. The molecule has 0 aliphatic carbocycles. The first kappa shape index (κ1) is 18.8. The number of hydrogen-bond acceptors (Lipinski definition) is 8. The van der Waals surface area contributed by atoms with Crippen LogP contribution in [-0.2, 0) is 18.4 Å². The van der Waals surface area contributed by atoms with Crippen LogP contribution in [0.2, 0.25) is 0 Å². The summed E-state index contributed by atoms with van der Waals surface area (Å²) in [6.45, 7) is 2.13. The van der Waals surface area contributed by atoms with Crippen LogP contribution in [0, 0.1) is 6.92 Å². The Labute approximate surface area is 166 Å². The van der Waals surface area contributed by atoms with E-state index < -0.39 is 0 Å². The number of rotatable bonds is 7. The van der Waals surface area contributed by atoms with Crippen molar-refractivity contribution in [1.29, 1.82) is 0 Å². The molecule has 2 heterocycles. The minimum atomic E-state index is -0.165. The fourth-order valence-electron chi connectivity index (χ4n) is 1.91. The van der Waals surface area contributed by atoms with Crippen LogP contribution in [0.25, 0.3) is 0 Å². The molecule has 3 aromatic rings. The molecule has 136 valence electrons. The van der Waals surface area contributed by atoms with Crippen LogP contribution in [0.15, 0.2) is 33.9 Å². The lowest BCUT2D eigenvalue weighted by Crippen LogP contribution is -2.14.